The molecule has 0 amide bonds. The number of rotatable bonds is 3. The van der Waals surface area contributed by atoms with Crippen LogP contribution < -0.4 is 10.5 Å². The van der Waals surface area contributed by atoms with Crippen LogP contribution in [-0.4, -0.2) is 15.2 Å². The van der Waals surface area contributed by atoms with Crippen LogP contribution in [0.5, 0.6) is 11.6 Å². The smallest absolute Gasteiger partial charge is 0.249 e. The standard InChI is InChI=1S/C13H11BrClN3OS/c1-6-7(2)17-18-13(11(6)12(16)20)19-10-5-8(14)3-4-9(10)15/h3-5H,1-2H3,(H2,16,20). The maximum absolute atomic E-state index is 6.09. The molecule has 104 valence electrons. The summed E-state index contributed by atoms with van der Waals surface area (Å²) in [5, 5.41) is 8.50. The predicted molar refractivity (Wildman–Crippen MR) is 86.6 cm³/mol. The Balaban J connectivity index is 2.51. The summed E-state index contributed by atoms with van der Waals surface area (Å²) in [6.07, 6.45) is 0. The molecule has 0 radical (unpaired) electrons. The van der Waals surface area contributed by atoms with E-state index in [0.717, 1.165) is 15.7 Å². The summed E-state index contributed by atoms with van der Waals surface area (Å²) in [6.45, 7) is 3.70. The summed E-state index contributed by atoms with van der Waals surface area (Å²) < 4.78 is 6.55. The van der Waals surface area contributed by atoms with E-state index in [1.165, 1.54) is 0 Å². The number of ether oxygens (including phenoxy) is 1. The van der Waals surface area contributed by atoms with Crippen LogP contribution in [0.3, 0.4) is 0 Å². The Morgan fingerprint density at radius 2 is 2.05 bits per heavy atom. The van der Waals surface area contributed by atoms with Crippen LogP contribution in [0, 0.1) is 13.8 Å². The van der Waals surface area contributed by atoms with Crippen LogP contribution in [0.15, 0.2) is 22.7 Å². The van der Waals surface area contributed by atoms with Crippen LogP contribution >= 0.6 is 39.7 Å². The van der Waals surface area contributed by atoms with Crippen molar-refractivity contribution in [1.82, 2.24) is 10.2 Å². The highest BCUT2D eigenvalue weighted by molar-refractivity contribution is 9.10. The van der Waals surface area contributed by atoms with Crippen LogP contribution in [-0.2, 0) is 0 Å². The van der Waals surface area contributed by atoms with Crippen molar-refractivity contribution >= 4 is 44.7 Å². The molecular weight excluding hydrogens is 362 g/mol. The Morgan fingerprint density at radius 1 is 1.35 bits per heavy atom. The lowest BCUT2D eigenvalue weighted by atomic mass is 10.1. The molecule has 0 fully saturated rings. The number of nitrogens with zero attached hydrogens (tertiary/aromatic N) is 2. The normalized spacial score (nSPS) is 10.4. The van der Waals surface area contributed by atoms with Crippen molar-refractivity contribution in [1.29, 1.82) is 0 Å². The van der Waals surface area contributed by atoms with Crippen molar-refractivity contribution < 1.29 is 4.74 Å². The first kappa shape index (κ1) is 15.2. The molecule has 20 heavy (non-hydrogen) atoms. The van der Waals surface area contributed by atoms with E-state index >= 15 is 0 Å². The van der Waals surface area contributed by atoms with Gasteiger partial charge >= 0.3 is 0 Å². The number of halogens is 2. The van der Waals surface area contributed by atoms with E-state index in [1.54, 1.807) is 12.1 Å². The third-order valence-electron chi connectivity index (χ3n) is 2.77. The molecule has 0 saturated carbocycles. The minimum atomic E-state index is 0.210. The van der Waals surface area contributed by atoms with Gasteiger partial charge in [0.2, 0.25) is 5.88 Å². The van der Waals surface area contributed by atoms with E-state index < -0.39 is 0 Å². The average molecular weight is 373 g/mol. The van der Waals surface area contributed by atoms with Gasteiger partial charge in [-0.1, -0.05) is 39.7 Å². The molecule has 0 unspecified atom stereocenters. The van der Waals surface area contributed by atoms with Gasteiger partial charge in [-0.3, -0.25) is 0 Å². The topological polar surface area (TPSA) is 61.0 Å². The van der Waals surface area contributed by atoms with Crippen molar-refractivity contribution in [3.8, 4) is 11.6 Å². The summed E-state index contributed by atoms with van der Waals surface area (Å²) in [5.41, 5.74) is 7.91. The molecule has 0 aliphatic rings. The maximum atomic E-state index is 6.09. The van der Waals surface area contributed by atoms with E-state index in [-0.39, 0.29) is 10.9 Å². The lowest BCUT2D eigenvalue weighted by Crippen LogP contribution is -2.15. The van der Waals surface area contributed by atoms with E-state index in [0.29, 0.717) is 16.3 Å². The van der Waals surface area contributed by atoms with Crippen molar-refractivity contribution in [3.05, 3.63) is 44.5 Å². The van der Waals surface area contributed by atoms with Crippen LogP contribution in [0.25, 0.3) is 0 Å². The van der Waals surface area contributed by atoms with Crippen molar-refractivity contribution in [2.24, 2.45) is 5.73 Å². The van der Waals surface area contributed by atoms with Gasteiger partial charge in [0.15, 0.2) is 0 Å². The van der Waals surface area contributed by atoms with E-state index in [9.17, 15) is 0 Å². The monoisotopic (exact) mass is 371 g/mol. The molecular formula is C13H11BrClN3OS. The first-order valence-electron chi connectivity index (χ1n) is 5.66. The number of aryl methyl sites for hydroxylation is 1. The molecule has 2 aromatic rings. The molecule has 0 bridgehead atoms. The van der Waals surface area contributed by atoms with Crippen molar-refractivity contribution in [2.45, 2.75) is 13.8 Å². The largest absolute Gasteiger partial charge is 0.435 e. The Hall–Kier alpha value is -1.24. The number of benzene rings is 1. The summed E-state index contributed by atoms with van der Waals surface area (Å²) in [5.74, 6) is 0.705. The lowest BCUT2D eigenvalue weighted by Gasteiger charge is -2.13. The van der Waals surface area contributed by atoms with Gasteiger partial charge in [0.05, 0.1) is 16.3 Å². The van der Waals surface area contributed by atoms with E-state index in [2.05, 4.69) is 26.1 Å². The van der Waals surface area contributed by atoms with Gasteiger partial charge in [0, 0.05) is 4.47 Å². The van der Waals surface area contributed by atoms with E-state index in [4.69, 9.17) is 34.3 Å². The molecule has 1 heterocycles. The molecule has 0 spiro atoms. The molecule has 1 aromatic heterocycles. The molecule has 0 aliphatic heterocycles. The quantitative estimate of drug-likeness (QED) is 0.827. The third-order valence-corrected chi connectivity index (χ3v) is 3.78. The van der Waals surface area contributed by atoms with Gasteiger partial charge in [0.1, 0.15) is 10.7 Å². The first-order valence-corrected chi connectivity index (χ1v) is 7.24. The molecule has 4 nitrogen and oxygen atoms in total. The van der Waals surface area contributed by atoms with Crippen LogP contribution in [0.4, 0.5) is 0 Å². The highest BCUT2D eigenvalue weighted by Crippen LogP contribution is 2.33. The molecule has 2 rings (SSSR count). The molecule has 0 aliphatic carbocycles. The number of aromatic nitrogens is 2. The van der Waals surface area contributed by atoms with Gasteiger partial charge in [-0.2, -0.15) is 5.10 Å². The zero-order chi connectivity index (χ0) is 14.9. The summed E-state index contributed by atoms with van der Waals surface area (Å²) >= 11 is 14.5. The zero-order valence-electron chi connectivity index (χ0n) is 10.8. The van der Waals surface area contributed by atoms with Crippen LogP contribution in [0.1, 0.15) is 16.8 Å². The fraction of sp³-hybridized carbons (Fsp3) is 0.154. The van der Waals surface area contributed by atoms with Gasteiger partial charge in [-0.05, 0) is 37.6 Å². The first-order chi connectivity index (χ1) is 9.40. The van der Waals surface area contributed by atoms with Gasteiger partial charge in [0.25, 0.3) is 0 Å². The summed E-state index contributed by atoms with van der Waals surface area (Å²) in [6, 6.07) is 5.27. The molecule has 1 aromatic carbocycles. The SMILES string of the molecule is Cc1nnc(Oc2cc(Br)ccc2Cl)c(C(N)=S)c1C. The Kier molecular flexibility index (Phi) is 4.57. The Labute approximate surface area is 135 Å². The molecule has 2 N–H and O–H groups in total. The maximum Gasteiger partial charge on any atom is 0.249 e. The summed E-state index contributed by atoms with van der Waals surface area (Å²) in [7, 11) is 0. The Bertz CT molecular complexity index is 694. The molecule has 0 atom stereocenters. The fourth-order valence-electron chi connectivity index (χ4n) is 1.61. The van der Waals surface area contributed by atoms with Gasteiger partial charge < -0.3 is 10.5 Å². The summed E-state index contributed by atoms with van der Waals surface area (Å²) in [4.78, 5) is 0.210. The highest BCUT2D eigenvalue weighted by atomic mass is 79.9. The average Bonchev–Trinajstić information content (AvgIpc) is 2.38. The Morgan fingerprint density at radius 3 is 2.70 bits per heavy atom. The fourth-order valence-corrected chi connectivity index (χ4v) is 2.34. The van der Waals surface area contributed by atoms with Gasteiger partial charge in [-0.15, -0.1) is 5.10 Å². The zero-order valence-corrected chi connectivity index (χ0v) is 13.9. The number of hydrogen-bond donors (Lipinski definition) is 1. The number of hydrogen-bond acceptors (Lipinski definition) is 4. The minimum absolute atomic E-state index is 0.210. The number of thiocarbonyl (C=S) groups is 1. The van der Waals surface area contributed by atoms with Crippen LogP contribution in [0.2, 0.25) is 5.02 Å². The second kappa shape index (κ2) is 6.03. The molecule has 7 heteroatoms. The highest BCUT2D eigenvalue weighted by Gasteiger charge is 2.16. The predicted octanol–water partition coefficient (Wildman–Crippen LogP) is 3.94. The van der Waals surface area contributed by atoms with Crippen molar-refractivity contribution in [2.75, 3.05) is 0 Å². The van der Waals surface area contributed by atoms with E-state index in [1.807, 2.05) is 19.9 Å². The van der Waals surface area contributed by atoms with Gasteiger partial charge in [-0.25, -0.2) is 0 Å². The third kappa shape index (κ3) is 3.08. The van der Waals surface area contributed by atoms with Crippen molar-refractivity contribution in [3.63, 3.8) is 0 Å². The molecule has 0 saturated heterocycles. The lowest BCUT2D eigenvalue weighted by molar-refractivity contribution is 0.452. The second-order valence-electron chi connectivity index (χ2n) is 4.13. The minimum Gasteiger partial charge on any atom is -0.435 e. The second-order valence-corrected chi connectivity index (χ2v) is 5.89. The number of nitrogens with two attached hydrogens (primary N) is 1.